The zero-order valence-corrected chi connectivity index (χ0v) is 27.0. The van der Waals surface area contributed by atoms with Crippen molar-refractivity contribution in [2.45, 2.75) is 51.7 Å². The molecule has 0 aliphatic rings. The van der Waals surface area contributed by atoms with Gasteiger partial charge in [-0.25, -0.2) is 4.79 Å². The lowest BCUT2D eigenvalue weighted by molar-refractivity contribution is -0.125. The summed E-state index contributed by atoms with van der Waals surface area (Å²) in [6.07, 6.45) is -1.14. The summed E-state index contributed by atoms with van der Waals surface area (Å²) in [5, 5.41) is 22.8. The number of nitrogens with two attached hydrogens (primary N) is 1. The summed E-state index contributed by atoms with van der Waals surface area (Å²) in [7, 11) is 0. The van der Waals surface area contributed by atoms with Crippen LogP contribution in [0.15, 0.2) is 91.0 Å². The maximum atomic E-state index is 13.3. The molecule has 0 bridgehead atoms. The molecule has 0 radical (unpaired) electrons. The van der Waals surface area contributed by atoms with Gasteiger partial charge in [0.2, 0.25) is 5.91 Å². The molecule has 11 heteroatoms. The Labute approximate surface area is 282 Å². The summed E-state index contributed by atoms with van der Waals surface area (Å²) >= 11 is 0. The van der Waals surface area contributed by atoms with E-state index in [0.29, 0.717) is 27.8 Å². The average molecular weight is 665 g/mol. The number of Topliss-reactive ketones (excluding diaryl/α,β-unsaturated/α-hetero) is 3. The smallest absolute Gasteiger partial charge is 0.335 e. The van der Waals surface area contributed by atoms with E-state index in [2.05, 4.69) is 5.32 Å². The van der Waals surface area contributed by atoms with Crippen LogP contribution in [0.3, 0.4) is 0 Å². The molecular formula is C38H36N2O9. The Hall–Kier alpha value is -6.10. The number of carboxylic acids is 1. The minimum atomic E-state index is -1.13. The highest BCUT2D eigenvalue weighted by Gasteiger charge is 2.25. The lowest BCUT2D eigenvalue weighted by Crippen LogP contribution is -2.44. The van der Waals surface area contributed by atoms with E-state index in [1.165, 1.54) is 30.3 Å². The molecular weight excluding hydrogens is 628 g/mol. The third-order valence-electron chi connectivity index (χ3n) is 7.57. The van der Waals surface area contributed by atoms with E-state index in [1.807, 2.05) is 0 Å². The van der Waals surface area contributed by atoms with Crippen molar-refractivity contribution in [2.75, 3.05) is 0 Å². The van der Waals surface area contributed by atoms with Crippen molar-refractivity contribution in [3.63, 3.8) is 0 Å². The van der Waals surface area contributed by atoms with Gasteiger partial charge in [0.1, 0.15) is 0 Å². The second-order valence-electron chi connectivity index (χ2n) is 11.7. The molecule has 0 saturated carbocycles. The molecule has 0 spiro atoms. The number of primary amides is 1. The first-order chi connectivity index (χ1) is 23.3. The van der Waals surface area contributed by atoms with Gasteiger partial charge < -0.3 is 26.0 Å². The van der Waals surface area contributed by atoms with Gasteiger partial charge >= 0.3 is 5.97 Å². The highest BCUT2D eigenvalue weighted by Crippen LogP contribution is 2.36. The van der Waals surface area contributed by atoms with Gasteiger partial charge in [-0.15, -0.1) is 0 Å². The standard InChI is InChI=1S/C38H36N2O9/c1-22(2)49-36-28(16-17-29(35(36)45)32(42)18-23-10-14-27(15-11-23)38(47)48)20-31(41)25-12-8-24(9-13-25)19-33(43)30(21-34(39)44)40-37(46)26-6-4-3-5-7-26/h3-17,22,30,45H,18-21H2,1-2H3,(H2,39,44)(H,40,46)(H,47,48)/t30-/m0/s1. The molecule has 1 atom stereocenters. The van der Waals surface area contributed by atoms with Crippen molar-refractivity contribution in [3.8, 4) is 11.5 Å². The molecule has 0 fully saturated rings. The Balaban J connectivity index is 1.46. The van der Waals surface area contributed by atoms with Crippen LogP contribution in [0.25, 0.3) is 0 Å². The van der Waals surface area contributed by atoms with Gasteiger partial charge in [0, 0.05) is 36.0 Å². The number of nitrogens with one attached hydrogen (secondary N) is 1. The van der Waals surface area contributed by atoms with Crippen LogP contribution in [-0.2, 0) is 28.9 Å². The Kier molecular flexibility index (Phi) is 11.8. The molecule has 0 aliphatic heterocycles. The lowest BCUT2D eigenvalue weighted by Gasteiger charge is -2.18. The number of rotatable bonds is 16. The number of hydrogen-bond donors (Lipinski definition) is 4. The quantitative estimate of drug-likeness (QED) is 0.125. The van der Waals surface area contributed by atoms with Crippen LogP contribution >= 0.6 is 0 Å². The SMILES string of the molecule is CC(C)Oc1c(CC(=O)c2ccc(CC(=O)[C@H](CC(N)=O)NC(=O)c3ccccc3)cc2)ccc(C(=O)Cc2ccc(C(=O)O)cc2)c1O. The summed E-state index contributed by atoms with van der Waals surface area (Å²) in [4.78, 5) is 74.9. The monoisotopic (exact) mass is 664 g/mol. The number of carbonyl (C=O) groups excluding carboxylic acids is 5. The van der Waals surface area contributed by atoms with E-state index in [1.54, 1.807) is 74.5 Å². The van der Waals surface area contributed by atoms with Crippen LogP contribution in [-0.4, -0.2) is 57.5 Å². The van der Waals surface area contributed by atoms with Crippen LogP contribution in [0.5, 0.6) is 11.5 Å². The zero-order chi connectivity index (χ0) is 35.7. The predicted octanol–water partition coefficient (Wildman–Crippen LogP) is 4.51. The van der Waals surface area contributed by atoms with Crippen molar-refractivity contribution in [3.05, 3.63) is 130 Å². The first-order valence-corrected chi connectivity index (χ1v) is 15.5. The number of ether oxygens (including phenoxy) is 1. The highest BCUT2D eigenvalue weighted by molar-refractivity contribution is 6.02. The van der Waals surface area contributed by atoms with Gasteiger partial charge in [-0.1, -0.05) is 60.7 Å². The van der Waals surface area contributed by atoms with Crippen LogP contribution in [0.4, 0.5) is 0 Å². The summed E-state index contributed by atoms with van der Waals surface area (Å²) in [6, 6.07) is 22.2. The number of ketones is 3. The maximum absolute atomic E-state index is 13.3. The van der Waals surface area contributed by atoms with E-state index < -0.39 is 41.1 Å². The normalized spacial score (nSPS) is 11.4. The molecule has 49 heavy (non-hydrogen) atoms. The Morgan fingerprint density at radius 1 is 0.714 bits per heavy atom. The fraction of sp³-hybridized carbons (Fsp3) is 0.211. The minimum Gasteiger partial charge on any atom is -0.504 e. The number of phenols is 1. The molecule has 0 heterocycles. The third-order valence-corrected chi connectivity index (χ3v) is 7.57. The molecule has 0 aliphatic carbocycles. The second kappa shape index (κ2) is 16.1. The van der Waals surface area contributed by atoms with E-state index in [9.17, 15) is 33.9 Å². The van der Waals surface area contributed by atoms with E-state index in [4.69, 9.17) is 15.6 Å². The summed E-state index contributed by atoms with van der Waals surface area (Å²) < 4.78 is 5.84. The highest BCUT2D eigenvalue weighted by atomic mass is 16.5. The van der Waals surface area contributed by atoms with Gasteiger partial charge in [-0.2, -0.15) is 0 Å². The number of phenolic OH excluding ortho intramolecular Hbond substituents is 1. The number of benzene rings is 4. The van der Waals surface area contributed by atoms with Crippen molar-refractivity contribution in [1.82, 2.24) is 5.32 Å². The fourth-order valence-corrected chi connectivity index (χ4v) is 5.08. The van der Waals surface area contributed by atoms with Crippen LogP contribution in [0, 0.1) is 0 Å². The van der Waals surface area contributed by atoms with Crippen LogP contribution < -0.4 is 15.8 Å². The molecule has 252 valence electrons. The Morgan fingerprint density at radius 3 is 1.88 bits per heavy atom. The number of carbonyl (C=O) groups is 6. The molecule has 0 saturated heterocycles. The maximum Gasteiger partial charge on any atom is 0.335 e. The topological polar surface area (TPSA) is 190 Å². The van der Waals surface area contributed by atoms with E-state index >= 15 is 0 Å². The molecule has 0 unspecified atom stereocenters. The van der Waals surface area contributed by atoms with Crippen molar-refractivity contribution >= 4 is 35.1 Å². The van der Waals surface area contributed by atoms with E-state index in [-0.39, 0.29) is 54.4 Å². The van der Waals surface area contributed by atoms with Crippen molar-refractivity contribution in [1.29, 1.82) is 0 Å². The summed E-state index contributed by atoms with van der Waals surface area (Å²) in [5.41, 5.74) is 7.53. The minimum absolute atomic E-state index is 0.00206. The van der Waals surface area contributed by atoms with Gasteiger partial charge in [0.25, 0.3) is 5.91 Å². The van der Waals surface area contributed by atoms with Crippen LogP contribution in [0.1, 0.15) is 78.4 Å². The van der Waals surface area contributed by atoms with Crippen molar-refractivity contribution in [2.24, 2.45) is 5.73 Å². The fourth-order valence-electron chi connectivity index (χ4n) is 5.08. The number of aromatic hydroxyl groups is 1. The van der Waals surface area contributed by atoms with Gasteiger partial charge in [0.15, 0.2) is 28.8 Å². The summed E-state index contributed by atoms with van der Waals surface area (Å²) in [5.74, 6) is -3.90. The number of hydrogen-bond acceptors (Lipinski definition) is 8. The average Bonchev–Trinajstić information content (AvgIpc) is 3.06. The Morgan fingerprint density at radius 2 is 1.31 bits per heavy atom. The first-order valence-electron chi connectivity index (χ1n) is 15.5. The number of carboxylic acid groups (broad SMARTS) is 1. The molecule has 2 amide bonds. The lowest BCUT2D eigenvalue weighted by atomic mass is 9.95. The molecule has 4 aromatic carbocycles. The summed E-state index contributed by atoms with van der Waals surface area (Å²) in [6.45, 7) is 3.48. The first kappa shape index (κ1) is 35.7. The molecule has 0 aromatic heterocycles. The largest absolute Gasteiger partial charge is 0.504 e. The van der Waals surface area contributed by atoms with Gasteiger partial charge in [-0.3, -0.25) is 24.0 Å². The predicted molar refractivity (Wildman–Crippen MR) is 180 cm³/mol. The van der Waals surface area contributed by atoms with Crippen LogP contribution in [0.2, 0.25) is 0 Å². The van der Waals surface area contributed by atoms with E-state index in [0.717, 1.165) is 0 Å². The molecule has 4 aromatic rings. The number of amides is 2. The molecule has 11 nitrogen and oxygen atoms in total. The molecule has 5 N–H and O–H groups in total. The number of aromatic carboxylic acids is 1. The van der Waals surface area contributed by atoms with Gasteiger partial charge in [0.05, 0.1) is 29.7 Å². The van der Waals surface area contributed by atoms with Crippen molar-refractivity contribution < 1.29 is 43.7 Å². The third kappa shape index (κ3) is 9.71. The zero-order valence-electron chi connectivity index (χ0n) is 27.0. The van der Waals surface area contributed by atoms with Gasteiger partial charge in [-0.05, 0) is 55.3 Å². The Bertz CT molecular complexity index is 1870. The molecule has 4 rings (SSSR count). The second-order valence-corrected chi connectivity index (χ2v) is 11.7.